The van der Waals surface area contributed by atoms with E-state index in [1.165, 1.54) is 17.8 Å². The average molecular weight is 425 g/mol. The second kappa shape index (κ2) is 9.58. The van der Waals surface area contributed by atoms with E-state index in [9.17, 15) is 14.0 Å². The van der Waals surface area contributed by atoms with Crippen LogP contribution in [0.5, 0.6) is 0 Å². The molecule has 0 saturated heterocycles. The Labute approximate surface area is 158 Å². The van der Waals surface area contributed by atoms with Crippen LogP contribution in [0.1, 0.15) is 21.5 Å². The third-order valence-electron chi connectivity index (χ3n) is 3.45. The van der Waals surface area contributed by atoms with Crippen LogP contribution in [0.25, 0.3) is 0 Å². The molecule has 0 saturated carbocycles. The summed E-state index contributed by atoms with van der Waals surface area (Å²) in [4.78, 5) is 23.0. The van der Waals surface area contributed by atoms with Crippen LogP contribution in [0.15, 0.2) is 46.9 Å². The third kappa shape index (κ3) is 6.51. The van der Waals surface area contributed by atoms with Gasteiger partial charge in [0.1, 0.15) is 5.82 Å². The van der Waals surface area contributed by atoms with E-state index in [-0.39, 0.29) is 17.5 Å². The van der Waals surface area contributed by atoms with E-state index in [2.05, 4.69) is 21.2 Å². The summed E-state index contributed by atoms with van der Waals surface area (Å²) < 4.78 is 14.4. The van der Waals surface area contributed by atoms with E-state index >= 15 is 0 Å². The minimum absolute atomic E-state index is 0.103. The Morgan fingerprint density at radius 3 is 2.72 bits per heavy atom. The van der Waals surface area contributed by atoms with Crippen LogP contribution < -0.4 is 11.1 Å². The van der Waals surface area contributed by atoms with Gasteiger partial charge in [-0.3, -0.25) is 9.59 Å². The molecule has 0 fully saturated rings. The Kier molecular flexibility index (Phi) is 7.46. The number of carbonyl (C=O) groups excluding carboxylic acids is 2. The van der Waals surface area contributed by atoms with Gasteiger partial charge in [0.05, 0.1) is 5.75 Å². The molecule has 0 aliphatic carbocycles. The van der Waals surface area contributed by atoms with Crippen LogP contribution in [0.2, 0.25) is 0 Å². The average Bonchev–Trinajstić information content (AvgIpc) is 2.57. The minimum Gasteiger partial charge on any atom is -0.366 e. The number of rotatable bonds is 8. The molecular weight excluding hydrogens is 407 g/mol. The summed E-state index contributed by atoms with van der Waals surface area (Å²) >= 11 is 4.57. The smallest absolute Gasteiger partial charge is 0.248 e. The highest BCUT2D eigenvalue weighted by molar-refractivity contribution is 9.10. The van der Waals surface area contributed by atoms with Crippen molar-refractivity contribution in [1.29, 1.82) is 0 Å². The topological polar surface area (TPSA) is 72.2 Å². The Balaban J connectivity index is 1.70. The molecule has 0 bridgehead atoms. The zero-order valence-electron chi connectivity index (χ0n) is 13.4. The second-order valence-corrected chi connectivity index (χ2v) is 7.29. The number of nitrogens with two attached hydrogens (primary N) is 1. The predicted octanol–water partition coefficient (Wildman–Crippen LogP) is 3.28. The number of nitrogens with one attached hydrogen (secondary N) is 1. The Bertz CT molecular complexity index is 770. The van der Waals surface area contributed by atoms with E-state index in [1.54, 1.807) is 30.3 Å². The quantitative estimate of drug-likeness (QED) is 0.682. The van der Waals surface area contributed by atoms with Gasteiger partial charge in [-0.05, 0) is 41.8 Å². The lowest BCUT2D eigenvalue weighted by Crippen LogP contribution is -2.27. The lowest BCUT2D eigenvalue weighted by atomic mass is 10.1. The highest BCUT2D eigenvalue weighted by Crippen LogP contribution is 2.19. The number of carbonyl (C=O) groups is 2. The van der Waals surface area contributed by atoms with Crippen LogP contribution in [0.4, 0.5) is 4.39 Å². The van der Waals surface area contributed by atoms with Crippen molar-refractivity contribution in [3.63, 3.8) is 0 Å². The fourth-order valence-electron chi connectivity index (χ4n) is 2.17. The van der Waals surface area contributed by atoms with Gasteiger partial charge in [-0.1, -0.05) is 34.1 Å². The number of primary amides is 1. The Hall–Kier alpha value is -1.86. The molecule has 3 N–H and O–H groups in total. The largest absolute Gasteiger partial charge is 0.366 e. The van der Waals surface area contributed by atoms with E-state index in [0.717, 1.165) is 5.56 Å². The normalized spacial score (nSPS) is 10.5. The molecule has 4 nitrogen and oxygen atoms in total. The number of thioether (sulfide) groups is 1. The standard InChI is InChI=1S/C18H18BrFN2O2S/c19-15-5-4-14(16(20)9-15)10-25-11-17(23)22-7-6-12-2-1-3-13(8-12)18(21)24/h1-5,8-9H,6-7,10-11H2,(H2,21,24)(H,22,23). The molecule has 0 aromatic heterocycles. The summed E-state index contributed by atoms with van der Waals surface area (Å²) in [5, 5.41) is 2.81. The van der Waals surface area contributed by atoms with E-state index < -0.39 is 5.91 Å². The summed E-state index contributed by atoms with van der Waals surface area (Å²) in [5.41, 5.74) is 7.20. The molecule has 7 heteroatoms. The number of hydrogen-bond acceptors (Lipinski definition) is 3. The van der Waals surface area contributed by atoms with Crippen molar-refractivity contribution in [2.45, 2.75) is 12.2 Å². The first kappa shape index (κ1) is 19.5. The van der Waals surface area contributed by atoms with Crippen molar-refractivity contribution in [2.24, 2.45) is 5.73 Å². The first-order valence-electron chi connectivity index (χ1n) is 7.63. The van der Waals surface area contributed by atoms with Crippen molar-refractivity contribution in [2.75, 3.05) is 12.3 Å². The molecule has 0 radical (unpaired) electrons. The van der Waals surface area contributed by atoms with Gasteiger partial charge < -0.3 is 11.1 Å². The van der Waals surface area contributed by atoms with Crippen LogP contribution in [0, 0.1) is 5.82 Å². The number of amides is 2. The highest BCUT2D eigenvalue weighted by atomic mass is 79.9. The van der Waals surface area contributed by atoms with E-state index in [0.29, 0.717) is 34.3 Å². The molecule has 2 rings (SSSR count). The van der Waals surface area contributed by atoms with Gasteiger partial charge in [0.2, 0.25) is 11.8 Å². The van der Waals surface area contributed by atoms with Crippen molar-refractivity contribution < 1.29 is 14.0 Å². The molecule has 0 aliphatic rings. The summed E-state index contributed by atoms with van der Waals surface area (Å²) in [6, 6.07) is 11.9. The van der Waals surface area contributed by atoms with Crippen LogP contribution in [-0.4, -0.2) is 24.1 Å². The summed E-state index contributed by atoms with van der Waals surface area (Å²) in [6.07, 6.45) is 0.610. The van der Waals surface area contributed by atoms with Crippen LogP contribution in [-0.2, 0) is 17.0 Å². The van der Waals surface area contributed by atoms with E-state index in [1.807, 2.05) is 6.07 Å². The van der Waals surface area contributed by atoms with Gasteiger partial charge in [-0.15, -0.1) is 11.8 Å². The molecule has 2 amide bonds. The molecule has 0 unspecified atom stereocenters. The molecule has 132 valence electrons. The SMILES string of the molecule is NC(=O)c1cccc(CCNC(=O)CSCc2ccc(Br)cc2F)c1. The monoisotopic (exact) mass is 424 g/mol. The Morgan fingerprint density at radius 2 is 2.00 bits per heavy atom. The van der Waals surface area contributed by atoms with E-state index in [4.69, 9.17) is 5.73 Å². The van der Waals surface area contributed by atoms with Crippen molar-refractivity contribution >= 4 is 39.5 Å². The van der Waals surface area contributed by atoms with Gasteiger partial charge in [0, 0.05) is 22.3 Å². The van der Waals surface area contributed by atoms with Crippen molar-refractivity contribution in [3.05, 3.63) is 69.4 Å². The first-order valence-corrected chi connectivity index (χ1v) is 9.57. The molecule has 2 aromatic carbocycles. The summed E-state index contributed by atoms with van der Waals surface area (Å²) in [5.74, 6) is -0.156. The molecule has 0 heterocycles. The van der Waals surface area contributed by atoms with Crippen molar-refractivity contribution in [3.8, 4) is 0 Å². The minimum atomic E-state index is -0.470. The maximum absolute atomic E-state index is 13.7. The molecule has 25 heavy (non-hydrogen) atoms. The highest BCUT2D eigenvalue weighted by Gasteiger charge is 2.06. The van der Waals surface area contributed by atoms with Gasteiger partial charge >= 0.3 is 0 Å². The Morgan fingerprint density at radius 1 is 1.20 bits per heavy atom. The third-order valence-corrected chi connectivity index (χ3v) is 4.93. The number of halogens is 2. The fraction of sp³-hybridized carbons (Fsp3) is 0.222. The van der Waals surface area contributed by atoms with Gasteiger partial charge in [-0.25, -0.2) is 4.39 Å². The molecule has 0 aliphatic heterocycles. The first-order chi connectivity index (χ1) is 12.0. The van der Waals surface area contributed by atoms with Crippen LogP contribution >= 0.6 is 27.7 Å². The maximum Gasteiger partial charge on any atom is 0.248 e. The molecule has 0 spiro atoms. The molecule has 0 atom stereocenters. The second-order valence-electron chi connectivity index (χ2n) is 5.39. The lowest BCUT2D eigenvalue weighted by Gasteiger charge is -2.07. The van der Waals surface area contributed by atoms with Crippen LogP contribution in [0.3, 0.4) is 0 Å². The number of hydrogen-bond donors (Lipinski definition) is 2. The maximum atomic E-state index is 13.7. The predicted molar refractivity (Wildman–Crippen MR) is 102 cm³/mol. The lowest BCUT2D eigenvalue weighted by molar-refractivity contribution is -0.118. The van der Waals surface area contributed by atoms with Crippen molar-refractivity contribution in [1.82, 2.24) is 5.32 Å². The zero-order valence-corrected chi connectivity index (χ0v) is 15.8. The summed E-state index contributed by atoms with van der Waals surface area (Å²) in [7, 11) is 0. The summed E-state index contributed by atoms with van der Waals surface area (Å²) in [6.45, 7) is 0.467. The molecular formula is C18H18BrFN2O2S. The van der Waals surface area contributed by atoms with Gasteiger partial charge in [0.25, 0.3) is 0 Å². The zero-order chi connectivity index (χ0) is 18.2. The van der Waals surface area contributed by atoms with Gasteiger partial charge in [-0.2, -0.15) is 0 Å². The number of benzene rings is 2. The molecule has 2 aromatic rings. The van der Waals surface area contributed by atoms with Gasteiger partial charge in [0.15, 0.2) is 0 Å². The fourth-order valence-corrected chi connectivity index (χ4v) is 3.35.